The first kappa shape index (κ1) is 18.4. The highest BCUT2D eigenvalue weighted by Crippen LogP contribution is 2.35. The monoisotopic (exact) mass is 399 g/mol. The Labute approximate surface area is 156 Å². The Kier molecular flexibility index (Phi) is 4.98. The van der Waals surface area contributed by atoms with Gasteiger partial charge in [0.1, 0.15) is 5.76 Å². The minimum Gasteiger partial charge on any atom is -0.451 e. The zero-order valence-corrected chi connectivity index (χ0v) is 14.4. The molecule has 1 heterocycles. The fraction of sp³-hybridized carbons (Fsp3) is 0.0556. The molecule has 1 N–H and O–H groups in total. The van der Waals surface area contributed by atoms with Gasteiger partial charge >= 0.3 is 6.18 Å². The van der Waals surface area contributed by atoms with E-state index in [2.05, 4.69) is 5.32 Å². The molecule has 0 unspecified atom stereocenters. The molecule has 0 aliphatic heterocycles. The summed E-state index contributed by atoms with van der Waals surface area (Å²) in [4.78, 5) is 12.3. The van der Waals surface area contributed by atoms with Gasteiger partial charge in [0, 0.05) is 10.6 Å². The summed E-state index contributed by atoms with van der Waals surface area (Å²) in [5, 5.41) is 2.99. The van der Waals surface area contributed by atoms with Crippen molar-refractivity contribution in [3.8, 4) is 11.3 Å². The molecule has 8 heteroatoms. The van der Waals surface area contributed by atoms with Gasteiger partial charge in [-0.15, -0.1) is 0 Å². The smallest absolute Gasteiger partial charge is 0.418 e. The molecule has 1 amide bonds. The summed E-state index contributed by atoms with van der Waals surface area (Å²) in [5.41, 5.74) is -0.837. The first-order valence-corrected chi connectivity index (χ1v) is 8.04. The topological polar surface area (TPSA) is 42.2 Å². The number of furan rings is 1. The number of para-hydroxylation sites is 1. The van der Waals surface area contributed by atoms with Crippen molar-refractivity contribution in [3.05, 3.63) is 76.0 Å². The summed E-state index contributed by atoms with van der Waals surface area (Å²) >= 11 is 12.0. The lowest BCUT2D eigenvalue weighted by molar-refractivity contribution is -0.136. The largest absolute Gasteiger partial charge is 0.451 e. The zero-order valence-electron chi connectivity index (χ0n) is 12.9. The highest BCUT2D eigenvalue weighted by atomic mass is 35.5. The average molecular weight is 400 g/mol. The van der Waals surface area contributed by atoms with E-state index in [9.17, 15) is 18.0 Å². The predicted octanol–water partition coefficient (Wildman–Crippen LogP) is 6.52. The molecule has 3 rings (SSSR count). The fourth-order valence-electron chi connectivity index (χ4n) is 2.31. The van der Waals surface area contributed by atoms with Crippen LogP contribution in [0.1, 0.15) is 16.1 Å². The molecule has 134 valence electrons. The third kappa shape index (κ3) is 3.86. The van der Waals surface area contributed by atoms with Crippen LogP contribution in [0.3, 0.4) is 0 Å². The SMILES string of the molecule is O=C(Nc1ccccc1C(F)(F)F)c1ccc(-c2cc(Cl)ccc2Cl)o1. The maximum atomic E-state index is 13.0. The number of hydrogen-bond acceptors (Lipinski definition) is 2. The van der Waals surface area contributed by atoms with Crippen molar-refractivity contribution in [3.63, 3.8) is 0 Å². The Hall–Kier alpha value is -2.44. The van der Waals surface area contributed by atoms with Crippen LogP contribution >= 0.6 is 23.2 Å². The van der Waals surface area contributed by atoms with Crippen molar-refractivity contribution >= 4 is 34.8 Å². The summed E-state index contributed by atoms with van der Waals surface area (Å²) in [6.45, 7) is 0. The van der Waals surface area contributed by atoms with E-state index in [4.69, 9.17) is 27.6 Å². The van der Waals surface area contributed by atoms with Gasteiger partial charge in [-0.25, -0.2) is 0 Å². The summed E-state index contributed by atoms with van der Waals surface area (Å²) < 4.78 is 44.4. The van der Waals surface area contributed by atoms with Gasteiger partial charge in [-0.3, -0.25) is 4.79 Å². The van der Waals surface area contributed by atoms with E-state index in [1.807, 2.05) is 0 Å². The second-order valence-corrected chi connectivity index (χ2v) is 6.13. The van der Waals surface area contributed by atoms with E-state index in [0.29, 0.717) is 15.6 Å². The van der Waals surface area contributed by atoms with E-state index in [0.717, 1.165) is 6.07 Å². The minimum absolute atomic E-state index is 0.159. The number of amides is 1. The lowest BCUT2D eigenvalue weighted by atomic mass is 10.1. The Morgan fingerprint density at radius 3 is 2.46 bits per heavy atom. The number of rotatable bonds is 3. The Balaban J connectivity index is 1.87. The quantitative estimate of drug-likeness (QED) is 0.544. The standard InChI is InChI=1S/C18H10Cl2F3NO2/c19-10-5-6-13(20)11(9-10)15-7-8-16(26-15)17(25)24-14-4-2-1-3-12(14)18(21,22)23/h1-9H,(H,24,25). The van der Waals surface area contributed by atoms with E-state index in [1.165, 1.54) is 30.3 Å². The van der Waals surface area contributed by atoms with E-state index in [1.54, 1.807) is 18.2 Å². The lowest BCUT2D eigenvalue weighted by Crippen LogP contribution is -2.16. The first-order chi connectivity index (χ1) is 12.3. The van der Waals surface area contributed by atoms with Gasteiger partial charge in [-0.1, -0.05) is 35.3 Å². The van der Waals surface area contributed by atoms with Crippen molar-refractivity contribution in [1.82, 2.24) is 0 Å². The normalized spacial score (nSPS) is 11.4. The summed E-state index contributed by atoms with van der Waals surface area (Å²) in [6, 6.07) is 12.2. The van der Waals surface area contributed by atoms with Crippen molar-refractivity contribution in [2.45, 2.75) is 6.18 Å². The molecular formula is C18H10Cl2F3NO2. The molecular weight excluding hydrogens is 390 g/mol. The highest BCUT2D eigenvalue weighted by molar-refractivity contribution is 6.35. The summed E-state index contributed by atoms with van der Waals surface area (Å²) in [5.74, 6) is -0.703. The second kappa shape index (κ2) is 7.05. The molecule has 0 saturated heterocycles. The number of alkyl halides is 3. The number of carbonyl (C=O) groups is 1. The van der Waals surface area contributed by atoms with Crippen LogP contribution < -0.4 is 5.32 Å². The molecule has 0 radical (unpaired) electrons. The fourth-order valence-corrected chi connectivity index (χ4v) is 2.70. The van der Waals surface area contributed by atoms with Crippen molar-refractivity contribution < 1.29 is 22.4 Å². The van der Waals surface area contributed by atoms with E-state index < -0.39 is 17.6 Å². The number of halogens is 5. The molecule has 0 aliphatic carbocycles. The number of hydrogen-bond donors (Lipinski definition) is 1. The van der Waals surface area contributed by atoms with Gasteiger partial charge < -0.3 is 9.73 Å². The number of carbonyl (C=O) groups excluding carboxylic acids is 1. The van der Waals surface area contributed by atoms with Gasteiger partial charge in [0.15, 0.2) is 5.76 Å². The van der Waals surface area contributed by atoms with Crippen LogP contribution in [-0.4, -0.2) is 5.91 Å². The second-order valence-electron chi connectivity index (χ2n) is 5.29. The maximum Gasteiger partial charge on any atom is 0.418 e. The van der Waals surface area contributed by atoms with Crippen LogP contribution in [0, 0.1) is 0 Å². The third-order valence-electron chi connectivity index (χ3n) is 3.50. The van der Waals surface area contributed by atoms with Crippen LogP contribution in [0.2, 0.25) is 10.0 Å². The van der Waals surface area contributed by atoms with Crippen molar-refractivity contribution in [1.29, 1.82) is 0 Å². The summed E-state index contributed by atoms with van der Waals surface area (Å²) in [6.07, 6.45) is -4.59. The van der Waals surface area contributed by atoms with Gasteiger partial charge in [0.25, 0.3) is 5.91 Å². The Bertz CT molecular complexity index is 967. The third-order valence-corrected chi connectivity index (χ3v) is 4.07. The summed E-state index contributed by atoms with van der Waals surface area (Å²) in [7, 11) is 0. The Morgan fingerprint density at radius 2 is 1.73 bits per heavy atom. The highest BCUT2D eigenvalue weighted by Gasteiger charge is 2.33. The van der Waals surface area contributed by atoms with Crippen LogP contribution in [0.5, 0.6) is 0 Å². The van der Waals surface area contributed by atoms with Crippen molar-refractivity contribution in [2.75, 3.05) is 5.32 Å². The van der Waals surface area contributed by atoms with Crippen molar-refractivity contribution in [2.24, 2.45) is 0 Å². The molecule has 0 aliphatic rings. The average Bonchev–Trinajstić information content (AvgIpc) is 3.06. The first-order valence-electron chi connectivity index (χ1n) is 7.28. The van der Waals surface area contributed by atoms with Crippen LogP contribution in [-0.2, 0) is 6.18 Å². The van der Waals surface area contributed by atoms with E-state index >= 15 is 0 Å². The molecule has 1 aromatic heterocycles. The maximum absolute atomic E-state index is 13.0. The van der Waals surface area contributed by atoms with E-state index in [-0.39, 0.29) is 17.2 Å². The molecule has 0 saturated carbocycles. The molecule has 3 nitrogen and oxygen atoms in total. The zero-order chi connectivity index (χ0) is 18.9. The lowest BCUT2D eigenvalue weighted by Gasteiger charge is -2.12. The van der Waals surface area contributed by atoms with Gasteiger partial charge in [0.05, 0.1) is 16.3 Å². The molecule has 0 spiro atoms. The molecule has 26 heavy (non-hydrogen) atoms. The molecule has 3 aromatic rings. The van der Waals surface area contributed by atoms with Crippen LogP contribution in [0.25, 0.3) is 11.3 Å². The van der Waals surface area contributed by atoms with Gasteiger partial charge in [0.2, 0.25) is 0 Å². The molecule has 2 aromatic carbocycles. The predicted molar refractivity (Wildman–Crippen MR) is 93.6 cm³/mol. The van der Waals surface area contributed by atoms with Gasteiger partial charge in [-0.2, -0.15) is 13.2 Å². The number of nitrogens with one attached hydrogen (secondary N) is 1. The van der Waals surface area contributed by atoms with Crippen LogP contribution in [0.15, 0.2) is 59.0 Å². The molecule has 0 bridgehead atoms. The van der Waals surface area contributed by atoms with Crippen LogP contribution in [0.4, 0.5) is 18.9 Å². The number of anilines is 1. The molecule has 0 fully saturated rings. The van der Waals surface area contributed by atoms with Gasteiger partial charge in [-0.05, 0) is 42.5 Å². The number of benzene rings is 2. The Morgan fingerprint density at radius 1 is 1.00 bits per heavy atom. The molecule has 0 atom stereocenters. The minimum atomic E-state index is -4.59.